The number of hydrogen-bond donors (Lipinski definition) is 3. The SMILES string of the molecule is CN(C)C(=O)c1cc(-c2ccnc(N)n2)ccc1NC(=O)C1COc2ccc(O)cc2C1. The maximum atomic E-state index is 13.0. The monoisotopic (exact) mass is 433 g/mol. The predicted octanol–water partition coefficient (Wildman–Crippen LogP) is 2.32. The molecule has 2 amide bonds. The van der Waals surface area contributed by atoms with Crippen LogP contribution in [-0.2, 0) is 11.2 Å². The number of anilines is 2. The van der Waals surface area contributed by atoms with Crippen LogP contribution >= 0.6 is 0 Å². The number of nitrogens with two attached hydrogens (primary N) is 1. The van der Waals surface area contributed by atoms with E-state index in [0.717, 1.165) is 5.56 Å². The van der Waals surface area contributed by atoms with E-state index in [1.165, 1.54) is 4.90 Å². The number of hydrogen-bond acceptors (Lipinski definition) is 7. The molecule has 2 heterocycles. The molecule has 164 valence electrons. The van der Waals surface area contributed by atoms with Gasteiger partial charge >= 0.3 is 0 Å². The summed E-state index contributed by atoms with van der Waals surface area (Å²) in [5.41, 5.74) is 8.40. The number of aromatic nitrogens is 2. The molecule has 0 spiro atoms. The lowest BCUT2D eigenvalue weighted by Crippen LogP contribution is -2.33. The van der Waals surface area contributed by atoms with Crippen molar-refractivity contribution in [3.63, 3.8) is 0 Å². The summed E-state index contributed by atoms with van der Waals surface area (Å²) < 4.78 is 5.68. The Labute approximate surface area is 184 Å². The molecule has 3 aromatic rings. The van der Waals surface area contributed by atoms with Crippen LogP contribution in [0, 0.1) is 5.92 Å². The Morgan fingerprint density at radius 1 is 1.19 bits per heavy atom. The average molecular weight is 433 g/mol. The normalized spacial score (nSPS) is 14.8. The molecule has 0 saturated carbocycles. The minimum atomic E-state index is -0.465. The second-order valence-corrected chi connectivity index (χ2v) is 7.75. The van der Waals surface area contributed by atoms with Gasteiger partial charge in [-0.25, -0.2) is 9.97 Å². The van der Waals surface area contributed by atoms with Crippen molar-refractivity contribution in [3.8, 4) is 22.8 Å². The van der Waals surface area contributed by atoms with Crippen molar-refractivity contribution in [1.82, 2.24) is 14.9 Å². The van der Waals surface area contributed by atoms with E-state index >= 15 is 0 Å². The molecule has 4 rings (SSSR count). The van der Waals surface area contributed by atoms with Crippen molar-refractivity contribution in [3.05, 3.63) is 59.8 Å². The zero-order chi connectivity index (χ0) is 22.8. The Hall–Kier alpha value is -4.14. The van der Waals surface area contributed by atoms with Crippen LogP contribution in [0.25, 0.3) is 11.3 Å². The zero-order valence-electron chi connectivity index (χ0n) is 17.7. The van der Waals surface area contributed by atoms with Gasteiger partial charge in [0.1, 0.15) is 18.1 Å². The number of carbonyl (C=O) groups is 2. The van der Waals surface area contributed by atoms with E-state index in [-0.39, 0.29) is 30.1 Å². The van der Waals surface area contributed by atoms with Crippen LogP contribution in [0.15, 0.2) is 48.7 Å². The molecule has 0 saturated heterocycles. The largest absolute Gasteiger partial charge is 0.508 e. The van der Waals surface area contributed by atoms with Gasteiger partial charge in [0.05, 0.1) is 22.9 Å². The molecule has 32 heavy (non-hydrogen) atoms. The summed E-state index contributed by atoms with van der Waals surface area (Å²) in [6.07, 6.45) is 1.96. The van der Waals surface area contributed by atoms with Crippen LogP contribution < -0.4 is 15.8 Å². The molecular weight excluding hydrogens is 410 g/mol. The average Bonchev–Trinajstić information content (AvgIpc) is 2.78. The standard InChI is InChI=1S/C23H23N5O4/c1-28(2)22(31)17-11-13(18-7-8-25-23(24)27-18)3-5-19(17)26-21(30)15-9-14-10-16(29)4-6-20(14)32-12-15/h3-8,10-11,15,29H,9,12H2,1-2H3,(H,26,30)(H2,24,25,27). The number of aromatic hydroxyl groups is 1. The second-order valence-electron chi connectivity index (χ2n) is 7.75. The van der Waals surface area contributed by atoms with Gasteiger partial charge in [0, 0.05) is 25.9 Å². The van der Waals surface area contributed by atoms with Crippen LogP contribution in [0.2, 0.25) is 0 Å². The van der Waals surface area contributed by atoms with Gasteiger partial charge in [0.25, 0.3) is 5.91 Å². The number of ether oxygens (including phenoxy) is 1. The highest BCUT2D eigenvalue weighted by Gasteiger charge is 2.27. The van der Waals surface area contributed by atoms with Crippen molar-refractivity contribution >= 4 is 23.5 Å². The van der Waals surface area contributed by atoms with Crippen LogP contribution in [0.1, 0.15) is 15.9 Å². The van der Waals surface area contributed by atoms with Gasteiger partial charge in [-0.15, -0.1) is 0 Å². The van der Waals surface area contributed by atoms with Crippen LogP contribution in [0.5, 0.6) is 11.5 Å². The van der Waals surface area contributed by atoms with Crippen LogP contribution in [0.4, 0.5) is 11.6 Å². The van der Waals surface area contributed by atoms with Crippen molar-refractivity contribution in [2.45, 2.75) is 6.42 Å². The van der Waals surface area contributed by atoms with Gasteiger partial charge in [-0.2, -0.15) is 0 Å². The number of nitrogen functional groups attached to an aromatic ring is 1. The van der Waals surface area contributed by atoms with Gasteiger partial charge in [0.2, 0.25) is 11.9 Å². The summed E-state index contributed by atoms with van der Waals surface area (Å²) in [4.78, 5) is 35.4. The Morgan fingerprint density at radius 2 is 2.00 bits per heavy atom. The number of carbonyl (C=O) groups excluding carboxylic acids is 2. The molecule has 1 aromatic heterocycles. The topological polar surface area (TPSA) is 131 Å². The molecular formula is C23H23N5O4. The van der Waals surface area contributed by atoms with Gasteiger partial charge in [0.15, 0.2) is 0 Å². The van der Waals surface area contributed by atoms with Crippen LogP contribution in [0.3, 0.4) is 0 Å². The molecule has 9 nitrogen and oxygen atoms in total. The minimum Gasteiger partial charge on any atom is -0.508 e. The quantitative estimate of drug-likeness (QED) is 0.575. The first-order valence-corrected chi connectivity index (χ1v) is 10.0. The number of fused-ring (bicyclic) bond motifs is 1. The first kappa shape index (κ1) is 21.1. The minimum absolute atomic E-state index is 0.119. The van der Waals surface area contributed by atoms with Gasteiger partial charge in [-0.05, 0) is 48.4 Å². The number of nitrogens with zero attached hydrogens (tertiary/aromatic N) is 3. The maximum Gasteiger partial charge on any atom is 0.255 e. The number of rotatable bonds is 4. The Morgan fingerprint density at radius 3 is 2.75 bits per heavy atom. The fourth-order valence-corrected chi connectivity index (χ4v) is 3.55. The van der Waals surface area contributed by atoms with Crippen molar-refractivity contribution < 1.29 is 19.4 Å². The molecule has 1 aliphatic rings. The maximum absolute atomic E-state index is 13.0. The lowest BCUT2D eigenvalue weighted by atomic mass is 9.95. The van der Waals surface area contributed by atoms with Crippen molar-refractivity contribution in [2.75, 3.05) is 31.8 Å². The third-order valence-corrected chi connectivity index (χ3v) is 5.21. The molecule has 0 aliphatic carbocycles. The highest BCUT2D eigenvalue weighted by molar-refractivity contribution is 6.05. The van der Waals surface area contributed by atoms with Gasteiger partial charge in [-0.3, -0.25) is 9.59 Å². The Bertz CT molecular complexity index is 1190. The molecule has 0 fully saturated rings. The lowest BCUT2D eigenvalue weighted by molar-refractivity contribution is -0.121. The summed E-state index contributed by atoms with van der Waals surface area (Å²) in [5.74, 6) is -0.0980. The van der Waals surface area contributed by atoms with E-state index < -0.39 is 5.92 Å². The molecule has 0 bridgehead atoms. The predicted molar refractivity (Wildman–Crippen MR) is 119 cm³/mol. The molecule has 4 N–H and O–H groups in total. The fraction of sp³-hybridized carbons (Fsp3) is 0.217. The van der Waals surface area contributed by atoms with E-state index in [1.807, 2.05) is 0 Å². The van der Waals surface area contributed by atoms with Gasteiger partial charge in [-0.1, -0.05) is 6.07 Å². The number of benzene rings is 2. The summed E-state index contributed by atoms with van der Waals surface area (Å²) >= 11 is 0. The number of phenolic OH excluding ortho intramolecular Hbond substituents is 1. The summed E-state index contributed by atoms with van der Waals surface area (Å²) in [5, 5.41) is 12.6. The number of amides is 2. The second kappa shape index (κ2) is 8.54. The molecule has 1 unspecified atom stereocenters. The van der Waals surface area contributed by atoms with Crippen LogP contribution in [-0.4, -0.2) is 52.5 Å². The molecule has 2 aromatic carbocycles. The lowest BCUT2D eigenvalue weighted by Gasteiger charge is -2.25. The smallest absolute Gasteiger partial charge is 0.255 e. The van der Waals surface area contributed by atoms with Crippen molar-refractivity contribution in [1.29, 1.82) is 0 Å². The van der Waals surface area contributed by atoms with E-state index in [1.54, 1.807) is 62.8 Å². The molecule has 1 aliphatic heterocycles. The zero-order valence-corrected chi connectivity index (χ0v) is 17.7. The first-order chi connectivity index (χ1) is 15.3. The molecule has 1 atom stereocenters. The molecule has 9 heteroatoms. The fourth-order valence-electron chi connectivity index (χ4n) is 3.55. The Balaban J connectivity index is 1.61. The highest BCUT2D eigenvalue weighted by Crippen LogP contribution is 2.31. The van der Waals surface area contributed by atoms with E-state index in [2.05, 4.69) is 15.3 Å². The third-order valence-electron chi connectivity index (χ3n) is 5.21. The number of nitrogens with one attached hydrogen (secondary N) is 1. The first-order valence-electron chi connectivity index (χ1n) is 10.0. The van der Waals surface area contributed by atoms with Gasteiger partial charge < -0.3 is 25.8 Å². The van der Waals surface area contributed by atoms with E-state index in [9.17, 15) is 14.7 Å². The molecule has 0 radical (unpaired) electrons. The number of phenols is 1. The Kier molecular flexibility index (Phi) is 5.63. The van der Waals surface area contributed by atoms with E-state index in [4.69, 9.17) is 10.5 Å². The van der Waals surface area contributed by atoms with Crippen molar-refractivity contribution in [2.24, 2.45) is 5.92 Å². The highest BCUT2D eigenvalue weighted by atomic mass is 16.5. The summed E-state index contributed by atoms with van der Waals surface area (Å²) in [7, 11) is 3.28. The third kappa shape index (κ3) is 4.31. The summed E-state index contributed by atoms with van der Waals surface area (Å²) in [6, 6.07) is 11.6. The van der Waals surface area contributed by atoms with E-state index in [0.29, 0.717) is 34.7 Å². The summed E-state index contributed by atoms with van der Waals surface area (Å²) in [6.45, 7) is 0.207.